The van der Waals surface area contributed by atoms with E-state index in [9.17, 15) is 0 Å². The van der Waals surface area contributed by atoms with Gasteiger partial charge < -0.3 is 9.73 Å². The molecule has 21 heavy (non-hydrogen) atoms. The van der Waals surface area contributed by atoms with Crippen LogP contribution in [-0.2, 0) is 6.42 Å². The van der Waals surface area contributed by atoms with Crippen LogP contribution in [0.4, 0.5) is 0 Å². The molecule has 1 aliphatic rings. The van der Waals surface area contributed by atoms with Crippen molar-refractivity contribution in [3.8, 4) is 11.5 Å². The van der Waals surface area contributed by atoms with Gasteiger partial charge in [-0.3, -0.25) is 4.98 Å². The van der Waals surface area contributed by atoms with E-state index in [2.05, 4.69) is 20.5 Å². The molecule has 0 amide bonds. The molecule has 0 spiro atoms. The topological polar surface area (TPSA) is 63.8 Å². The van der Waals surface area contributed by atoms with E-state index in [0.717, 1.165) is 29.4 Å². The predicted molar refractivity (Wildman–Crippen MR) is 79.8 cm³/mol. The summed E-state index contributed by atoms with van der Waals surface area (Å²) in [6.45, 7) is 0.897. The fraction of sp³-hybridized carbons (Fsp3) is 0.312. The van der Waals surface area contributed by atoms with Crippen LogP contribution in [0.15, 0.2) is 40.9 Å². The molecule has 1 fully saturated rings. The number of hydrogen-bond donors (Lipinski definition) is 1. The van der Waals surface area contributed by atoms with Crippen molar-refractivity contribution in [3.63, 3.8) is 0 Å². The van der Waals surface area contributed by atoms with Crippen molar-refractivity contribution in [3.05, 3.63) is 42.4 Å². The molecule has 106 valence electrons. The van der Waals surface area contributed by atoms with Gasteiger partial charge in [-0.05, 0) is 37.1 Å². The molecule has 1 N–H and O–H groups in total. The van der Waals surface area contributed by atoms with Crippen LogP contribution in [0, 0.1) is 0 Å². The number of benzene rings is 1. The first-order valence-electron chi connectivity index (χ1n) is 7.29. The zero-order valence-corrected chi connectivity index (χ0v) is 11.6. The zero-order valence-electron chi connectivity index (χ0n) is 11.6. The van der Waals surface area contributed by atoms with Crippen LogP contribution < -0.4 is 5.32 Å². The van der Waals surface area contributed by atoms with Gasteiger partial charge in [-0.25, -0.2) is 0 Å². The van der Waals surface area contributed by atoms with Crippen molar-refractivity contribution in [1.82, 2.24) is 20.5 Å². The summed E-state index contributed by atoms with van der Waals surface area (Å²) in [5.74, 6) is 1.26. The number of rotatable bonds is 5. The standard InChI is InChI=1S/C16H16N4O/c1-2-11-10-12(3-6-14(11)18-8-1)16-20-19-15(21-16)7-9-17-13-4-5-13/h1-3,6,8,10,13,17H,4-5,7,9H2. The number of nitrogens with zero attached hydrogens (tertiary/aromatic N) is 3. The molecule has 2 heterocycles. The van der Waals surface area contributed by atoms with Gasteiger partial charge in [0.05, 0.1) is 5.52 Å². The minimum atomic E-state index is 0.571. The molecule has 0 bridgehead atoms. The van der Waals surface area contributed by atoms with Gasteiger partial charge in [-0.2, -0.15) is 0 Å². The largest absolute Gasteiger partial charge is 0.421 e. The molecule has 2 aromatic heterocycles. The first kappa shape index (κ1) is 12.5. The average Bonchev–Trinajstić information content (AvgIpc) is 3.23. The lowest BCUT2D eigenvalue weighted by Crippen LogP contribution is -2.19. The van der Waals surface area contributed by atoms with E-state index in [1.165, 1.54) is 12.8 Å². The predicted octanol–water partition coefficient (Wildman–Crippen LogP) is 2.58. The average molecular weight is 280 g/mol. The Hall–Kier alpha value is -2.27. The third-order valence-electron chi connectivity index (χ3n) is 3.67. The molecular weight excluding hydrogens is 264 g/mol. The SMILES string of the molecule is c1cnc2ccc(-c3nnc(CCNC4CC4)o3)cc2c1. The van der Waals surface area contributed by atoms with E-state index in [1.807, 2.05) is 30.3 Å². The number of hydrogen-bond acceptors (Lipinski definition) is 5. The Morgan fingerprint density at radius 3 is 3.05 bits per heavy atom. The van der Waals surface area contributed by atoms with Crippen LogP contribution in [0.3, 0.4) is 0 Å². The van der Waals surface area contributed by atoms with Gasteiger partial charge in [0.15, 0.2) is 0 Å². The maximum atomic E-state index is 5.74. The molecule has 0 radical (unpaired) electrons. The molecule has 0 saturated heterocycles. The molecule has 0 atom stereocenters. The van der Waals surface area contributed by atoms with Gasteiger partial charge in [-0.15, -0.1) is 10.2 Å². The summed E-state index contributed by atoms with van der Waals surface area (Å²) >= 11 is 0. The van der Waals surface area contributed by atoms with Crippen LogP contribution in [0.25, 0.3) is 22.4 Å². The summed E-state index contributed by atoms with van der Waals surface area (Å²) in [5.41, 5.74) is 1.90. The third kappa shape index (κ3) is 2.78. The van der Waals surface area contributed by atoms with Crippen LogP contribution in [0.2, 0.25) is 0 Å². The monoisotopic (exact) mass is 280 g/mol. The van der Waals surface area contributed by atoms with E-state index >= 15 is 0 Å². The smallest absolute Gasteiger partial charge is 0.247 e. The van der Waals surface area contributed by atoms with Gasteiger partial charge in [-0.1, -0.05) is 6.07 Å². The molecule has 0 unspecified atom stereocenters. The Morgan fingerprint density at radius 1 is 1.19 bits per heavy atom. The van der Waals surface area contributed by atoms with E-state index in [-0.39, 0.29) is 0 Å². The maximum absolute atomic E-state index is 5.74. The fourth-order valence-electron chi connectivity index (χ4n) is 2.35. The van der Waals surface area contributed by atoms with Gasteiger partial charge >= 0.3 is 0 Å². The Kier molecular flexibility index (Phi) is 3.12. The Morgan fingerprint density at radius 2 is 2.14 bits per heavy atom. The van der Waals surface area contributed by atoms with Crippen LogP contribution in [0.5, 0.6) is 0 Å². The van der Waals surface area contributed by atoms with Gasteiger partial charge in [0.2, 0.25) is 11.8 Å². The fourth-order valence-corrected chi connectivity index (χ4v) is 2.35. The second-order valence-electron chi connectivity index (χ2n) is 5.39. The molecule has 3 aromatic rings. The van der Waals surface area contributed by atoms with Gasteiger partial charge in [0.1, 0.15) is 0 Å². The van der Waals surface area contributed by atoms with Crippen molar-refractivity contribution in [2.75, 3.05) is 6.54 Å². The lowest BCUT2D eigenvalue weighted by atomic mass is 10.1. The van der Waals surface area contributed by atoms with Crippen molar-refractivity contribution in [1.29, 1.82) is 0 Å². The highest BCUT2D eigenvalue weighted by Crippen LogP contribution is 2.22. The number of fused-ring (bicyclic) bond motifs is 1. The second kappa shape index (κ2) is 5.26. The molecule has 5 nitrogen and oxygen atoms in total. The molecule has 5 heteroatoms. The minimum Gasteiger partial charge on any atom is -0.421 e. The molecule has 4 rings (SSSR count). The summed E-state index contributed by atoms with van der Waals surface area (Å²) < 4.78 is 5.74. The molecule has 0 aliphatic heterocycles. The van der Waals surface area contributed by atoms with Crippen LogP contribution >= 0.6 is 0 Å². The van der Waals surface area contributed by atoms with E-state index in [1.54, 1.807) is 6.20 Å². The Balaban J connectivity index is 1.52. The number of pyridine rings is 1. The summed E-state index contributed by atoms with van der Waals surface area (Å²) in [4.78, 5) is 4.31. The summed E-state index contributed by atoms with van der Waals surface area (Å²) in [7, 11) is 0. The van der Waals surface area contributed by atoms with Gasteiger partial charge in [0, 0.05) is 36.2 Å². The third-order valence-corrected chi connectivity index (χ3v) is 3.67. The summed E-state index contributed by atoms with van der Waals surface area (Å²) in [6.07, 6.45) is 5.15. The summed E-state index contributed by atoms with van der Waals surface area (Å²) in [6, 6.07) is 10.6. The zero-order chi connectivity index (χ0) is 14.1. The first-order chi connectivity index (χ1) is 10.4. The van der Waals surface area contributed by atoms with E-state index < -0.39 is 0 Å². The lowest BCUT2D eigenvalue weighted by molar-refractivity contribution is 0.494. The number of nitrogens with one attached hydrogen (secondary N) is 1. The highest BCUT2D eigenvalue weighted by Gasteiger charge is 2.20. The first-order valence-corrected chi connectivity index (χ1v) is 7.29. The molecule has 1 aromatic carbocycles. The second-order valence-corrected chi connectivity index (χ2v) is 5.39. The number of aromatic nitrogens is 3. The highest BCUT2D eigenvalue weighted by atomic mass is 16.4. The van der Waals surface area contributed by atoms with Crippen molar-refractivity contribution in [2.45, 2.75) is 25.3 Å². The quantitative estimate of drug-likeness (QED) is 0.778. The normalized spacial score (nSPS) is 14.7. The summed E-state index contributed by atoms with van der Waals surface area (Å²) in [5, 5.41) is 12.8. The Bertz CT molecular complexity index is 764. The van der Waals surface area contributed by atoms with Gasteiger partial charge in [0.25, 0.3) is 0 Å². The van der Waals surface area contributed by atoms with Crippen molar-refractivity contribution >= 4 is 10.9 Å². The minimum absolute atomic E-state index is 0.571. The molecular formula is C16H16N4O. The van der Waals surface area contributed by atoms with Crippen molar-refractivity contribution in [2.24, 2.45) is 0 Å². The Labute approximate surface area is 122 Å². The molecule has 1 saturated carbocycles. The maximum Gasteiger partial charge on any atom is 0.247 e. The van der Waals surface area contributed by atoms with Crippen LogP contribution in [0.1, 0.15) is 18.7 Å². The highest BCUT2D eigenvalue weighted by molar-refractivity contribution is 5.82. The van der Waals surface area contributed by atoms with Crippen molar-refractivity contribution < 1.29 is 4.42 Å². The van der Waals surface area contributed by atoms with Crippen LogP contribution in [-0.4, -0.2) is 27.8 Å². The van der Waals surface area contributed by atoms with E-state index in [0.29, 0.717) is 17.8 Å². The lowest BCUT2D eigenvalue weighted by Gasteiger charge is -1.99. The van der Waals surface area contributed by atoms with E-state index in [4.69, 9.17) is 4.42 Å². The molecule has 1 aliphatic carbocycles.